The molecule has 0 unspecified atom stereocenters. The first-order chi connectivity index (χ1) is 9.74. The van der Waals surface area contributed by atoms with Crippen molar-refractivity contribution in [1.29, 1.82) is 0 Å². The first-order valence-corrected chi connectivity index (χ1v) is 7.20. The Labute approximate surface area is 125 Å². The van der Waals surface area contributed by atoms with Gasteiger partial charge in [0.05, 0.1) is 6.61 Å². The van der Waals surface area contributed by atoms with Crippen LogP contribution >= 0.6 is 15.9 Å². The van der Waals surface area contributed by atoms with Crippen LogP contribution in [0.15, 0.2) is 47.3 Å². The summed E-state index contributed by atoms with van der Waals surface area (Å²) >= 11 is 3.43. The number of hydrogen-bond acceptors (Lipinski definition) is 3. The minimum atomic E-state index is 0.587. The molecule has 0 amide bonds. The number of benzene rings is 1. The molecule has 20 heavy (non-hydrogen) atoms. The molecule has 4 nitrogen and oxygen atoms in total. The predicted molar refractivity (Wildman–Crippen MR) is 81.1 cm³/mol. The molecule has 0 N–H and O–H groups in total. The summed E-state index contributed by atoms with van der Waals surface area (Å²) in [4.78, 5) is 8.76. The zero-order chi connectivity index (χ0) is 13.9. The zero-order valence-corrected chi connectivity index (χ0v) is 12.7. The Bertz CT molecular complexity index is 722. The molecule has 0 aliphatic heterocycles. The van der Waals surface area contributed by atoms with Gasteiger partial charge in [0.15, 0.2) is 10.3 Å². The van der Waals surface area contributed by atoms with E-state index in [4.69, 9.17) is 4.74 Å². The number of rotatable bonds is 4. The number of nitrogens with zero attached hydrogens (tertiary/aromatic N) is 3. The molecule has 3 rings (SSSR count). The second-order valence-corrected chi connectivity index (χ2v) is 5.29. The van der Waals surface area contributed by atoms with E-state index in [1.165, 1.54) is 5.56 Å². The van der Waals surface area contributed by atoms with Gasteiger partial charge in [0, 0.05) is 18.8 Å². The molecular formula is C15H14BrN3O. The van der Waals surface area contributed by atoms with Gasteiger partial charge in [-0.25, -0.2) is 9.97 Å². The molecule has 102 valence electrons. The highest BCUT2D eigenvalue weighted by Gasteiger charge is 2.09. The number of halogens is 1. The van der Waals surface area contributed by atoms with Gasteiger partial charge < -0.3 is 4.74 Å². The largest absolute Gasteiger partial charge is 0.493 e. The molecule has 0 aliphatic rings. The van der Waals surface area contributed by atoms with Crippen molar-refractivity contribution in [2.24, 2.45) is 0 Å². The van der Waals surface area contributed by atoms with E-state index in [2.05, 4.69) is 32.8 Å². The van der Waals surface area contributed by atoms with Crippen LogP contribution in [-0.4, -0.2) is 21.0 Å². The molecule has 3 aromatic rings. The van der Waals surface area contributed by atoms with Gasteiger partial charge in [-0.3, -0.25) is 4.40 Å². The van der Waals surface area contributed by atoms with Crippen LogP contribution in [0.5, 0.6) is 5.75 Å². The average Bonchev–Trinajstić information content (AvgIpc) is 2.79. The number of aryl methyl sites for hydroxylation is 1. The van der Waals surface area contributed by atoms with Gasteiger partial charge in [-0.05, 0) is 41.1 Å². The summed E-state index contributed by atoms with van der Waals surface area (Å²) in [5, 5.41) is 0. The van der Waals surface area contributed by atoms with E-state index in [-0.39, 0.29) is 0 Å². The van der Waals surface area contributed by atoms with Crippen LogP contribution in [0.3, 0.4) is 0 Å². The Kier molecular flexibility index (Phi) is 3.69. The summed E-state index contributed by atoms with van der Waals surface area (Å²) in [6.45, 7) is 2.65. The molecule has 0 aliphatic carbocycles. The third kappa shape index (κ3) is 2.67. The summed E-state index contributed by atoms with van der Waals surface area (Å²) in [7, 11) is 0. The average molecular weight is 332 g/mol. The van der Waals surface area contributed by atoms with Crippen molar-refractivity contribution >= 4 is 21.6 Å². The molecule has 5 heteroatoms. The van der Waals surface area contributed by atoms with Gasteiger partial charge in [-0.15, -0.1) is 0 Å². The van der Waals surface area contributed by atoms with Crippen molar-refractivity contribution in [2.75, 3.05) is 6.61 Å². The molecule has 0 bridgehead atoms. The fourth-order valence-corrected chi connectivity index (χ4v) is 2.52. The van der Waals surface area contributed by atoms with Gasteiger partial charge in [0.25, 0.3) is 0 Å². The van der Waals surface area contributed by atoms with Crippen LogP contribution in [0, 0.1) is 6.92 Å². The summed E-state index contributed by atoms with van der Waals surface area (Å²) in [6.07, 6.45) is 4.45. The number of hydrogen-bond donors (Lipinski definition) is 0. The van der Waals surface area contributed by atoms with Crippen molar-refractivity contribution < 1.29 is 4.74 Å². The molecule has 1 aromatic carbocycles. The van der Waals surface area contributed by atoms with Crippen molar-refractivity contribution in [2.45, 2.75) is 13.3 Å². The fraction of sp³-hybridized carbons (Fsp3) is 0.200. The topological polar surface area (TPSA) is 39.4 Å². The van der Waals surface area contributed by atoms with Crippen LogP contribution in [0.1, 0.15) is 11.4 Å². The second-order valence-electron chi connectivity index (χ2n) is 4.54. The smallest absolute Gasteiger partial charge is 0.171 e. The molecule has 0 fully saturated rings. The molecule has 0 spiro atoms. The van der Waals surface area contributed by atoms with E-state index in [9.17, 15) is 0 Å². The van der Waals surface area contributed by atoms with Crippen molar-refractivity contribution in [3.05, 3.63) is 58.7 Å². The van der Waals surface area contributed by atoms with E-state index in [1.807, 2.05) is 40.9 Å². The van der Waals surface area contributed by atoms with Gasteiger partial charge in [0.1, 0.15) is 11.6 Å². The lowest BCUT2D eigenvalue weighted by atomic mass is 10.2. The standard InChI is InChI=1S/C15H14BrN3O/c1-11-3-5-12(6-4-11)20-10-7-13-18-14(16)15-17-8-2-9-19(13)15/h2-6,8-9H,7,10H2,1H3. The summed E-state index contributed by atoms with van der Waals surface area (Å²) in [5.41, 5.74) is 2.06. The molecule has 2 aromatic heterocycles. The molecule has 0 radical (unpaired) electrons. The maximum atomic E-state index is 5.73. The van der Waals surface area contributed by atoms with Gasteiger partial charge in [-0.1, -0.05) is 17.7 Å². The summed E-state index contributed by atoms with van der Waals surface area (Å²) in [6, 6.07) is 9.94. The third-order valence-electron chi connectivity index (χ3n) is 3.05. The Morgan fingerprint density at radius 3 is 2.85 bits per heavy atom. The lowest BCUT2D eigenvalue weighted by molar-refractivity contribution is 0.318. The minimum Gasteiger partial charge on any atom is -0.493 e. The predicted octanol–water partition coefficient (Wildman–Crippen LogP) is 3.42. The minimum absolute atomic E-state index is 0.587. The molecule has 0 saturated carbocycles. The highest BCUT2D eigenvalue weighted by atomic mass is 79.9. The number of ether oxygens (including phenoxy) is 1. The highest BCUT2D eigenvalue weighted by Crippen LogP contribution is 2.17. The van der Waals surface area contributed by atoms with Crippen LogP contribution in [0.2, 0.25) is 0 Å². The van der Waals surface area contributed by atoms with E-state index >= 15 is 0 Å². The fourth-order valence-electron chi connectivity index (χ4n) is 2.02. The van der Waals surface area contributed by atoms with Crippen LogP contribution in [0.25, 0.3) is 5.65 Å². The van der Waals surface area contributed by atoms with Crippen LogP contribution in [-0.2, 0) is 6.42 Å². The number of aromatic nitrogens is 3. The van der Waals surface area contributed by atoms with E-state index in [0.717, 1.165) is 28.2 Å². The molecule has 2 heterocycles. The van der Waals surface area contributed by atoms with Gasteiger partial charge >= 0.3 is 0 Å². The van der Waals surface area contributed by atoms with E-state index in [0.29, 0.717) is 6.61 Å². The summed E-state index contributed by atoms with van der Waals surface area (Å²) < 4.78 is 8.48. The Balaban J connectivity index is 1.70. The SMILES string of the molecule is Cc1ccc(OCCc2nc(Br)c3ncccn23)cc1. The first kappa shape index (κ1) is 13.1. The van der Waals surface area contributed by atoms with Gasteiger partial charge in [0.2, 0.25) is 0 Å². The van der Waals surface area contributed by atoms with E-state index < -0.39 is 0 Å². The number of imidazole rings is 1. The Morgan fingerprint density at radius 2 is 2.05 bits per heavy atom. The molecule has 0 atom stereocenters. The highest BCUT2D eigenvalue weighted by molar-refractivity contribution is 9.10. The second kappa shape index (κ2) is 5.63. The quantitative estimate of drug-likeness (QED) is 0.735. The van der Waals surface area contributed by atoms with Gasteiger partial charge in [-0.2, -0.15) is 0 Å². The molecule has 0 saturated heterocycles. The van der Waals surface area contributed by atoms with Crippen LogP contribution < -0.4 is 4.74 Å². The van der Waals surface area contributed by atoms with Crippen molar-refractivity contribution in [3.8, 4) is 5.75 Å². The first-order valence-electron chi connectivity index (χ1n) is 6.41. The Morgan fingerprint density at radius 1 is 1.25 bits per heavy atom. The number of fused-ring (bicyclic) bond motifs is 1. The molecular weight excluding hydrogens is 318 g/mol. The monoisotopic (exact) mass is 331 g/mol. The third-order valence-corrected chi connectivity index (χ3v) is 3.58. The lowest BCUT2D eigenvalue weighted by Gasteiger charge is -2.05. The van der Waals surface area contributed by atoms with Crippen molar-refractivity contribution in [3.63, 3.8) is 0 Å². The Hall–Kier alpha value is -1.88. The van der Waals surface area contributed by atoms with Crippen LogP contribution in [0.4, 0.5) is 0 Å². The van der Waals surface area contributed by atoms with E-state index in [1.54, 1.807) is 6.20 Å². The lowest BCUT2D eigenvalue weighted by Crippen LogP contribution is -2.05. The maximum absolute atomic E-state index is 5.73. The van der Waals surface area contributed by atoms with Crippen molar-refractivity contribution in [1.82, 2.24) is 14.4 Å². The zero-order valence-electron chi connectivity index (χ0n) is 11.1. The maximum Gasteiger partial charge on any atom is 0.171 e. The normalized spacial score (nSPS) is 10.9. The summed E-state index contributed by atoms with van der Waals surface area (Å²) in [5.74, 6) is 1.82.